The lowest BCUT2D eigenvalue weighted by Crippen LogP contribution is -2.33. The van der Waals surface area contributed by atoms with Gasteiger partial charge in [-0.1, -0.05) is 30.3 Å². The Balaban J connectivity index is 0.00000243. The van der Waals surface area contributed by atoms with Gasteiger partial charge in [-0.25, -0.2) is 0 Å². The van der Waals surface area contributed by atoms with Gasteiger partial charge in [0, 0.05) is 17.8 Å². The zero-order chi connectivity index (χ0) is 17.6. The number of carbonyl (C=O) groups excluding carboxylic acids is 2. The van der Waals surface area contributed by atoms with Gasteiger partial charge >= 0.3 is 0 Å². The molecule has 1 saturated heterocycles. The molecule has 0 aromatic heterocycles. The maximum atomic E-state index is 12.3. The topological polar surface area (TPSA) is 70.2 Å². The zero-order valence-corrected chi connectivity index (χ0v) is 15.5. The van der Waals surface area contributed by atoms with Crippen molar-refractivity contribution in [1.82, 2.24) is 10.6 Å². The Labute approximate surface area is 160 Å². The fourth-order valence-electron chi connectivity index (χ4n) is 2.97. The highest BCUT2D eigenvalue weighted by atomic mass is 35.5. The Morgan fingerprint density at radius 1 is 1.12 bits per heavy atom. The maximum absolute atomic E-state index is 12.3. The molecule has 0 aliphatic carbocycles. The van der Waals surface area contributed by atoms with E-state index < -0.39 is 0 Å². The molecule has 1 aliphatic heterocycles. The second-order valence-electron chi connectivity index (χ2n) is 6.37. The second-order valence-corrected chi connectivity index (χ2v) is 6.37. The predicted octanol–water partition coefficient (Wildman–Crippen LogP) is 3.15. The molecule has 2 amide bonds. The summed E-state index contributed by atoms with van der Waals surface area (Å²) < 4.78 is 0. The number of amides is 2. The first-order valence-electron chi connectivity index (χ1n) is 8.61. The van der Waals surface area contributed by atoms with Crippen molar-refractivity contribution >= 4 is 29.9 Å². The molecule has 0 radical (unpaired) electrons. The number of anilines is 1. The molecule has 3 rings (SSSR count). The fourth-order valence-corrected chi connectivity index (χ4v) is 2.97. The van der Waals surface area contributed by atoms with Crippen LogP contribution in [-0.2, 0) is 4.79 Å². The van der Waals surface area contributed by atoms with Gasteiger partial charge in [0.05, 0.1) is 12.0 Å². The smallest absolute Gasteiger partial charge is 0.255 e. The molecule has 0 spiro atoms. The van der Waals surface area contributed by atoms with Crippen LogP contribution in [-0.4, -0.2) is 24.9 Å². The van der Waals surface area contributed by atoms with E-state index in [0.29, 0.717) is 5.56 Å². The number of nitrogens with one attached hydrogen (secondary N) is 3. The van der Waals surface area contributed by atoms with Crippen LogP contribution in [0.3, 0.4) is 0 Å². The quantitative estimate of drug-likeness (QED) is 0.754. The van der Waals surface area contributed by atoms with Gasteiger partial charge in [-0.2, -0.15) is 0 Å². The van der Waals surface area contributed by atoms with Crippen molar-refractivity contribution in [1.29, 1.82) is 0 Å². The SMILES string of the molecule is CC(NC(=O)C1CCNC1)c1cccc(NC(=O)c2ccccc2)c1.Cl. The Morgan fingerprint density at radius 2 is 1.88 bits per heavy atom. The predicted molar refractivity (Wildman–Crippen MR) is 106 cm³/mol. The van der Waals surface area contributed by atoms with Crippen LogP contribution in [0.5, 0.6) is 0 Å². The fraction of sp³-hybridized carbons (Fsp3) is 0.300. The summed E-state index contributed by atoms with van der Waals surface area (Å²) in [4.78, 5) is 24.5. The summed E-state index contributed by atoms with van der Waals surface area (Å²) in [6.07, 6.45) is 0.881. The average molecular weight is 374 g/mol. The van der Waals surface area contributed by atoms with Crippen LogP contribution in [0.1, 0.15) is 35.3 Å². The van der Waals surface area contributed by atoms with Gasteiger partial charge in [0.1, 0.15) is 0 Å². The van der Waals surface area contributed by atoms with Crippen molar-refractivity contribution < 1.29 is 9.59 Å². The van der Waals surface area contributed by atoms with Crippen molar-refractivity contribution in [2.24, 2.45) is 5.92 Å². The number of halogens is 1. The first-order valence-corrected chi connectivity index (χ1v) is 8.61. The molecule has 5 nitrogen and oxygen atoms in total. The molecule has 26 heavy (non-hydrogen) atoms. The highest BCUT2D eigenvalue weighted by Gasteiger charge is 2.23. The van der Waals surface area contributed by atoms with Crippen molar-refractivity contribution in [2.45, 2.75) is 19.4 Å². The van der Waals surface area contributed by atoms with Gasteiger partial charge in [0.2, 0.25) is 5.91 Å². The molecule has 2 aromatic carbocycles. The molecule has 0 saturated carbocycles. The minimum absolute atomic E-state index is 0. The lowest BCUT2D eigenvalue weighted by atomic mass is 10.0. The highest BCUT2D eigenvalue weighted by Crippen LogP contribution is 2.19. The van der Waals surface area contributed by atoms with Crippen LogP contribution >= 0.6 is 12.4 Å². The number of hydrogen-bond acceptors (Lipinski definition) is 3. The van der Waals surface area contributed by atoms with Crippen molar-refractivity contribution in [3.8, 4) is 0 Å². The number of hydrogen-bond donors (Lipinski definition) is 3. The average Bonchev–Trinajstić information content (AvgIpc) is 3.17. The zero-order valence-electron chi connectivity index (χ0n) is 14.7. The van der Waals surface area contributed by atoms with Crippen LogP contribution in [0.4, 0.5) is 5.69 Å². The van der Waals surface area contributed by atoms with Crippen LogP contribution in [0.2, 0.25) is 0 Å². The van der Waals surface area contributed by atoms with E-state index in [1.54, 1.807) is 12.1 Å². The Bertz CT molecular complexity index is 746. The monoisotopic (exact) mass is 373 g/mol. The molecule has 1 fully saturated rings. The van der Waals surface area contributed by atoms with Gasteiger partial charge in [0.25, 0.3) is 5.91 Å². The van der Waals surface area contributed by atoms with E-state index in [9.17, 15) is 9.59 Å². The third kappa shape index (κ3) is 5.07. The molecule has 6 heteroatoms. The summed E-state index contributed by atoms with van der Waals surface area (Å²) in [7, 11) is 0. The highest BCUT2D eigenvalue weighted by molar-refractivity contribution is 6.04. The van der Waals surface area contributed by atoms with Gasteiger partial charge in [0.15, 0.2) is 0 Å². The molecule has 0 bridgehead atoms. The molecular formula is C20H24ClN3O2. The normalized spacial score (nSPS) is 17.0. The molecule has 3 N–H and O–H groups in total. The molecule has 2 aromatic rings. The maximum Gasteiger partial charge on any atom is 0.255 e. The van der Waals surface area contributed by atoms with Gasteiger partial charge < -0.3 is 16.0 Å². The van der Waals surface area contributed by atoms with Crippen LogP contribution in [0.15, 0.2) is 54.6 Å². The standard InChI is InChI=1S/C20H23N3O2.ClH/c1-14(22-20(25)17-10-11-21-13-17)16-8-5-9-18(12-16)23-19(24)15-6-3-2-4-7-15;/h2-9,12,14,17,21H,10-11,13H2,1H3,(H,22,25)(H,23,24);1H. The second kappa shape index (κ2) is 9.36. The van der Waals surface area contributed by atoms with E-state index >= 15 is 0 Å². The first kappa shape index (κ1) is 19.9. The van der Waals surface area contributed by atoms with Crippen molar-refractivity contribution in [3.63, 3.8) is 0 Å². The minimum atomic E-state index is -0.147. The lowest BCUT2D eigenvalue weighted by molar-refractivity contribution is -0.125. The van der Waals surface area contributed by atoms with Crippen molar-refractivity contribution in [3.05, 3.63) is 65.7 Å². The van der Waals surface area contributed by atoms with Crippen LogP contribution in [0, 0.1) is 5.92 Å². The third-order valence-corrected chi connectivity index (χ3v) is 4.47. The third-order valence-electron chi connectivity index (χ3n) is 4.47. The number of benzene rings is 2. The van der Waals surface area contributed by atoms with E-state index in [0.717, 1.165) is 30.8 Å². The Hall–Kier alpha value is -2.37. The molecule has 138 valence electrons. The van der Waals surface area contributed by atoms with E-state index in [1.165, 1.54) is 0 Å². The van der Waals surface area contributed by atoms with Gasteiger partial charge in [-0.15, -0.1) is 12.4 Å². The summed E-state index contributed by atoms with van der Waals surface area (Å²) in [5.74, 6) is -0.0221. The van der Waals surface area contributed by atoms with E-state index in [2.05, 4.69) is 16.0 Å². The molecule has 2 unspecified atom stereocenters. The van der Waals surface area contributed by atoms with Crippen molar-refractivity contribution in [2.75, 3.05) is 18.4 Å². The van der Waals surface area contributed by atoms with Crippen LogP contribution < -0.4 is 16.0 Å². The van der Waals surface area contributed by atoms with Gasteiger partial charge in [-0.05, 0) is 49.7 Å². The molecule has 2 atom stereocenters. The van der Waals surface area contributed by atoms with Crippen LogP contribution in [0.25, 0.3) is 0 Å². The Morgan fingerprint density at radius 3 is 2.58 bits per heavy atom. The summed E-state index contributed by atoms with van der Waals surface area (Å²) in [5.41, 5.74) is 2.29. The van der Waals surface area contributed by atoms with E-state index in [1.807, 2.05) is 49.4 Å². The summed E-state index contributed by atoms with van der Waals surface area (Å²) in [5, 5.41) is 9.16. The minimum Gasteiger partial charge on any atom is -0.349 e. The summed E-state index contributed by atoms with van der Waals surface area (Å²) in [6.45, 7) is 3.59. The van der Waals surface area contributed by atoms with E-state index in [4.69, 9.17) is 0 Å². The first-order chi connectivity index (χ1) is 12.1. The Kier molecular flexibility index (Phi) is 7.18. The van der Waals surface area contributed by atoms with Gasteiger partial charge in [-0.3, -0.25) is 9.59 Å². The number of rotatable bonds is 5. The molecular weight excluding hydrogens is 350 g/mol. The molecule has 1 aliphatic rings. The summed E-state index contributed by atoms with van der Waals surface area (Å²) in [6, 6.07) is 16.6. The number of carbonyl (C=O) groups is 2. The molecule has 1 heterocycles. The van der Waals surface area contributed by atoms with E-state index in [-0.39, 0.29) is 36.2 Å². The lowest BCUT2D eigenvalue weighted by Gasteiger charge is -2.18. The largest absolute Gasteiger partial charge is 0.349 e. The summed E-state index contributed by atoms with van der Waals surface area (Å²) >= 11 is 0.